The van der Waals surface area contributed by atoms with Crippen molar-refractivity contribution in [1.29, 1.82) is 0 Å². The van der Waals surface area contributed by atoms with Crippen molar-refractivity contribution in [2.75, 3.05) is 6.54 Å². The average molecular weight is 243 g/mol. The molecule has 5 nitrogen and oxygen atoms in total. The highest BCUT2D eigenvalue weighted by Crippen LogP contribution is 2.27. The molecule has 100 valence electrons. The van der Waals surface area contributed by atoms with E-state index in [1.165, 1.54) is 0 Å². The molecule has 0 saturated carbocycles. The number of carbonyl (C=O) groups excluding carboxylic acids is 1. The minimum atomic E-state index is -0.887. The Balaban J connectivity index is 4.78. The lowest BCUT2D eigenvalue weighted by molar-refractivity contribution is -0.128. The van der Waals surface area contributed by atoms with Crippen LogP contribution in [0, 0.1) is 11.3 Å². The molecule has 0 fully saturated rings. The van der Waals surface area contributed by atoms with Gasteiger partial charge in [-0.2, -0.15) is 0 Å². The van der Waals surface area contributed by atoms with Gasteiger partial charge in [0, 0.05) is 6.54 Å². The summed E-state index contributed by atoms with van der Waals surface area (Å²) in [7, 11) is 0. The van der Waals surface area contributed by atoms with Crippen LogP contribution in [0.1, 0.15) is 47.0 Å². The summed E-state index contributed by atoms with van der Waals surface area (Å²) in [6.07, 6.45) is 2.05. The number of nitrogens with one attached hydrogen (secondary N) is 1. The van der Waals surface area contributed by atoms with E-state index in [9.17, 15) is 4.79 Å². The molecule has 1 unspecified atom stereocenters. The molecule has 0 aliphatic heterocycles. The predicted octanol–water partition coefficient (Wildman–Crippen LogP) is 1.70. The zero-order chi connectivity index (χ0) is 13.5. The predicted molar refractivity (Wildman–Crippen MR) is 68.9 cm³/mol. The Morgan fingerprint density at radius 3 is 2.29 bits per heavy atom. The Kier molecular flexibility index (Phi) is 6.61. The van der Waals surface area contributed by atoms with E-state index in [1.54, 1.807) is 0 Å². The van der Waals surface area contributed by atoms with E-state index < -0.39 is 5.41 Å². The lowest BCUT2D eigenvalue weighted by Gasteiger charge is -2.29. The highest BCUT2D eigenvalue weighted by atomic mass is 16.4. The van der Waals surface area contributed by atoms with E-state index >= 15 is 0 Å². The molecule has 5 heteroatoms. The molecule has 17 heavy (non-hydrogen) atoms. The number of amides is 1. The van der Waals surface area contributed by atoms with Crippen LogP contribution in [0.4, 0.5) is 0 Å². The summed E-state index contributed by atoms with van der Waals surface area (Å²) >= 11 is 0. The van der Waals surface area contributed by atoms with Crippen molar-refractivity contribution in [2.45, 2.75) is 47.0 Å². The number of carbonyl (C=O) groups is 1. The molecule has 0 bridgehead atoms. The lowest BCUT2D eigenvalue weighted by Crippen LogP contribution is -2.50. The van der Waals surface area contributed by atoms with E-state index in [0.29, 0.717) is 25.3 Å². The van der Waals surface area contributed by atoms with Crippen LogP contribution >= 0.6 is 0 Å². The number of nitrogens with zero attached hydrogens (tertiary/aromatic N) is 1. The first-order valence-electron chi connectivity index (χ1n) is 6.24. The van der Waals surface area contributed by atoms with E-state index in [0.717, 1.165) is 6.42 Å². The third kappa shape index (κ3) is 3.61. The first-order chi connectivity index (χ1) is 7.98. The third-order valence-electron chi connectivity index (χ3n) is 3.55. The SMILES string of the molecule is CCC(C)CNC(=O)C(CC)(CC)/C(N)=N/O. The van der Waals surface area contributed by atoms with Gasteiger partial charge >= 0.3 is 0 Å². The molecule has 0 aromatic heterocycles. The van der Waals surface area contributed by atoms with Gasteiger partial charge in [0.05, 0.1) is 0 Å². The van der Waals surface area contributed by atoms with Gasteiger partial charge in [-0.25, -0.2) is 0 Å². The van der Waals surface area contributed by atoms with Gasteiger partial charge in [0.1, 0.15) is 5.41 Å². The molecule has 0 aliphatic carbocycles. The van der Waals surface area contributed by atoms with Crippen LogP contribution in [0.25, 0.3) is 0 Å². The second-order valence-electron chi connectivity index (χ2n) is 4.50. The fourth-order valence-electron chi connectivity index (χ4n) is 1.73. The summed E-state index contributed by atoms with van der Waals surface area (Å²) in [5, 5.41) is 14.7. The Bertz CT molecular complexity index is 273. The highest BCUT2D eigenvalue weighted by Gasteiger charge is 2.39. The summed E-state index contributed by atoms with van der Waals surface area (Å²) in [4.78, 5) is 12.2. The minimum Gasteiger partial charge on any atom is -0.409 e. The maximum Gasteiger partial charge on any atom is 0.233 e. The first-order valence-corrected chi connectivity index (χ1v) is 6.24. The smallest absolute Gasteiger partial charge is 0.233 e. The van der Waals surface area contributed by atoms with E-state index in [-0.39, 0.29) is 11.7 Å². The summed E-state index contributed by atoms with van der Waals surface area (Å²) in [5.74, 6) is 0.264. The highest BCUT2D eigenvalue weighted by molar-refractivity contribution is 6.06. The summed E-state index contributed by atoms with van der Waals surface area (Å²) < 4.78 is 0. The van der Waals surface area contributed by atoms with Gasteiger partial charge in [-0.05, 0) is 18.8 Å². The Morgan fingerprint density at radius 2 is 1.94 bits per heavy atom. The van der Waals surface area contributed by atoms with Crippen molar-refractivity contribution in [2.24, 2.45) is 22.2 Å². The van der Waals surface area contributed by atoms with Gasteiger partial charge in [0.25, 0.3) is 0 Å². The molecule has 0 radical (unpaired) electrons. The maximum absolute atomic E-state index is 12.2. The average Bonchev–Trinajstić information content (AvgIpc) is 2.37. The minimum absolute atomic E-state index is 0.0100. The molecule has 0 aliphatic rings. The van der Waals surface area contributed by atoms with Gasteiger partial charge in [-0.15, -0.1) is 0 Å². The van der Waals surface area contributed by atoms with Crippen molar-refractivity contribution < 1.29 is 10.0 Å². The van der Waals surface area contributed by atoms with Crippen molar-refractivity contribution in [3.8, 4) is 0 Å². The number of hydrogen-bond acceptors (Lipinski definition) is 3. The molecular weight excluding hydrogens is 218 g/mol. The molecule has 0 aromatic carbocycles. The molecule has 1 amide bonds. The molecule has 0 saturated heterocycles. The number of oxime groups is 1. The molecule has 0 spiro atoms. The second kappa shape index (κ2) is 7.14. The molecule has 0 rings (SSSR count). The van der Waals surface area contributed by atoms with Gasteiger partial charge in [0.15, 0.2) is 5.84 Å². The van der Waals surface area contributed by atoms with Crippen molar-refractivity contribution >= 4 is 11.7 Å². The quantitative estimate of drug-likeness (QED) is 0.275. The largest absolute Gasteiger partial charge is 0.409 e. The second-order valence-corrected chi connectivity index (χ2v) is 4.50. The van der Waals surface area contributed by atoms with Gasteiger partial charge in [-0.3, -0.25) is 4.79 Å². The summed E-state index contributed by atoms with van der Waals surface area (Å²) in [5.41, 5.74) is 4.77. The van der Waals surface area contributed by atoms with Gasteiger partial charge in [0.2, 0.25) is 5.91 Å². The normalized spacial score (nSPS) is 14.5. The monoisotopic (exact) mass is 243 g/mol. The maximum atomic E-state index is 12.2. The molecule has 0 heterocycles. The van der Waals surface area contributed by atoms with Crippen LogP contribution in [0.5, 0.6) is 0 Å². The lowest BCUT2D eigenvalue weighted by atomic mass is 9.80. The van der Waals surface area contributed by atoms with Crippen LogP contribution in [-0.4, -0.2) is 23.5 Å². The number of hydrogen-bond donors (Lipinski definition) is 3. The zero-order valence-corrected chi connectivity index (χ0v) is 11.3. The van der Waals surface area contributed by atoms with Crippen LogP contribution in [0.3, 0.4) is 0 Å². The standard InChI is InChI=1S/C12H25N3O2/c1-5-9(4)8-14-11(16)12(6-2,7-3)10(13)15-17/h9,17H,5-8H2,1-4H3,(H2,13,15)(H,14,16). The molecular formula is C12H25N3O2. The van der Waals surface area contributed by atoms with Crippen molar-refractivity contribution in [3.63, 3.8) is 0 Å². The van der Waals surface area contributed by atoms with Crippen molar-refractivity contribution in [3.05, 3.63) is 0 Å². The summed E-state index contributed by atoms with van der Waals surface area (Å²) in [6.45, 7) is 8.50. The van der Waals surface area contributed by atoms with Gasteiger partial charge in [-0.1, -0.05) is 39.3 Å². The topological polar surface area (TPSA) is 87.7 Å². The Morgan fingerprint density at radius 1 is 1.41 bits per heavy atom. The third-order valence-corrected chi connectivity index (χ3v) is 3.55. The van der Waals surface area contributed by atoms with Crippen LogP contribution in [-0.2, 0) is 4.79 Å². The van der Waals surface area contributed by atoms with Crippen LogP contribution in [0.2, 0.25) is 0 Å². The van der Waals surface area contributed by atoms with Crippen molar-refractivity contribution in [1.82, 2.24) is 5.32 Å². The molecule has 1 atom stereocenters. The fraction of sp³-hybridized carbons (Fsp3) is 0.833. The van der Waals surface area contributed by atoms with E-state index in [1.807, 2.05) is 13.8 Å². The molecule has 4 N–H and O–H groups in total. The number of amidine groups is 1. The van der Waals surface area contributed by atoms with Crippen LogP contribution in [0.15, 0.2) is 5.16 Å². The first kappa shape index (κ1) is 15.7. The Hall–Kier alpha value is -1.26. The Labute approximate surface area is 103 Å². The van der Waals surface area contributed by atoms with Crippen LogP contribution < -0.4 is 11.1 Å². The summed E-state index contributed by atoms with van der Waals surface area (Å²) in [6, 6.07) is 0. The fourth-order valence-corrected chi connectivity index (χ4v) is 1.73. The van der Waals surface area contributed by atoms with E-state index in [4.69, 9.17) is 10.9 Å². The number of rotatable bonds is 7. The number of nitrogens with two attached hydrogens (primary N) is 1. The van der Waals surface area contributed by atoms with E-state index in [2.05, 4.69) is 24.3 Å². The molecule has 0 aromatic rings. The van der Waals surface area contributed by atoms with Gasteiger partial charge < -0.3 is 16.3 Å². The zero-order valence-electron chi connectivity index (χ0n) is 11.3.